The smallest absolute Gasteiger partial charge is 0.305 e. The molecule has 2 rings (SSSR count). The minimum absolute atomic E-state index is 0.0101. The molecule has 1 aliphatic heterocycles. The molecule has 2 N–H and O–H groups in total. The van der Waals surface area contributed by atoms with E-state index in [9.17, 15) is 14.4 Å². The molecule has 0 aromatic heterocycles. The molecule has 2 amide bonds. The van der Waals surface area contributed by atoms with Crippen LogP contribution in [0.1, 0.15) is 27.1 Å². The number of carbonyl (C=O) groups excluding carboxylic acids is 2. The molecule has 6 heteroatoms. The van der Waals surface area contributed by atoms with Crippen molar-refractivity contribution in [1.29, 1.82) is 0 Å². The number of carboxylic acids is 1. The Bertz CT molecular complexity index is 539. The molecule has 1 aromatic carbocycles. The summed E-state index contributed by atoms with van der Waals surface area (Å²) < 4.78 is 0. The highest BCUT2D eigenvalue weighted by molar-refractivity contribution is 6.21. The number of aliphatic carboxylic acids is 1. The Morgan fingerprint density at radius 3 is 2.61 bits per heavy atom. The van der Waals surface area contributed by atoms with E-state index in [-0.39, 0.29) is 24.8 Å². The SMILES string of the molecule is CN1C(=O)c2ccc(NCCC(=O)O)cc2C1=O. The van der Waals surface area contributed by atoms with Crippen LogP contribution >= 0.6 is 0 Å². The third kappa shape index (κ3) is 2.04. The minimum Gasteiger partial charge on any atom is -0.481 e. The maximum atomic E-state index is 11.7. The third-order valence-corrected chi connectivity index (χ3v) is 2.76. The molecule has 6 nitrogen and oxygen atoms in total. The Kier molecular flexibility index (Phi) is 3.01. The normalized spacial score (nSPS) is 13.7. The largest absolute Gasteiger partial charge is 0.481 e. The molecule has 0 spiro atoms. The quantitative estimate of drug-likeness (QED) is 0.769. The zero-order valence-corrected chi connectivity index (χ0v) is 9.77. The van der Waals surface area contributed by atoms with Gasteiger partial charge in [-0.05, 0) is 18.2 Å². The van der Waals surface area contributed by atoms with Gasteiger partial charge in [-0.15, -0.1) is 0 Å². The first-order valence-electron chi connectivity index (χ1n) is 5.43. The minimum atomic E-state index is -0.894. The summed E-state index contributed by atoms with van der Waals surface area (Å²) in [5, 5.41) is 11.4. The second-order valence-corrected chi connectivity index (χ2v) is 4.00. The fourth-order valence-electron chi connectivity index (χ4n) is 1.79. The molecular weight excluding hydrogens is 236 g/mol. The van der Waals surface area contributed by atoms with Crippen LogP contribution in [0.25, 0.3) is 0 Å². The van der Waals surface area contributed by atoms with Crippen molar-refractivity contribution in [3.8, 4) is 0 Å². The first kappa shape index (κ1) is 12.1. The Labute approximate surface area is 103 Å². The van der Waals surface area contributed by atoms with Crippen LogP contribution in [-0.4, -0.2) is 41.4 Å². The number of hydrogen-bond acceptors (Lipinski definition) is 4. The number of rotatable bonds is 4. The molecular formula is C12H12N2O4. The predicted octanol–water partition coefficient (Wildman–Crippen LogP) is 0.799. The van der Waals surface area contributed by atoms with Crippen molar-refractivity contribution in [3.05, 3.63) is 29.3 Å². The van der Waals surface area contributed by atoms with Gasteiger partial charge >= 0.3 is 5.97 Å². The van der Waals surface area contributed by atoms with Crippen molar-refractivity contribution in [2.75, 3.05) is 18.9 Å². The van der Waals surface area contributed by atoms with Gasteiger partial charge in [0.1, 0.15) is 0 Å². The summed E-state index contributed by atoms with van der Waals surface area (Å²) in [5.41, 5.74) is 1.36. The monoisotopic (exact) mass is 248 g/mol. The van der Waals surface area contributed by atoms with E-state index < -0.39 is 5.97 Å². The van der Waals surface area contributed by atoms with E-state index >= 15 is 0 Å². The van der Waals surface area contributed by atoms with Crippen molar-refractivity contribution >= 4 is 23.5 Å². The number of nitrogens with one attached hydrogen (secondary N) is 1. The van der Waals surface area contributed by atoms with Crippen molar-refractivity contribution in [1.82, 2.24) is 4.90 Å². The maximum Gasteiger partial charge on any atom is 0.305 e. The van der Waals surface area contributed by atoms with Gasteiger partial charge in [-0.25, -0.2) is 0 Å². The zero-order chi connectivity index (χ0) is 13.3. The lowest BCUT2D eigenvalue weighted by Gasteiger charge is -2.05. The first-order valence-corrected chi connectivity index (χ1v) is 5.43. The van der Waals surface area contributed by atoms with E-state index in [0.29, 0.717) is 16.8 Å². The number of fused-ring (bicyclic) bond motifs is 1. The van der Waals surface area contributed by atoms with Crippen LogP contribution in [0.4, 0.5) is 5.69 Å². The molecule has 1 aliphatic rings. The standard InChI is InChI=1S/C12H12N2O4/c1-14-11(17)8-3-2-7(6-9(8)12(14)18)13-5-4-10(15)16/h2-3,6,13H,4-5H2,1H3,(H,15,16). The second-order valence-electron chi connectivity index (χ2n) is 4.00. The fraction of sp³-hybridized carbons (Fsp3) is 0.250. The van der Waals surface area contributed by atoms with Gasteiger partial charge in [0.05, 0.1) is 17.5 Å². The highest BCUT2D eigenvalue weighted by Gasteiger charge is 2.32. The van der Waals surface area contributed by atoms with Crippen LogP contribution in [0.3, 0.4) is 0 Å². The molecule has 0 radical (unpaired) electrons. The highest BCUT2D eigenvalue weighted by Crippen LogP contribution is 2.24. The van der Waals surface area contributed by atoms with Gasteiger partial charge in [0.2, 0.25) is 0 Å². The number of anilines is 1. The molecule has 0 saturated carbocycles. The molecule has 1 aromatic rings. The molecule has 0 fully saturated rings. The van der Waals surface area contributed by atoms with E-state index in [4.69, 9.17) is 5.11 Å². The van der Waals surface area contributed by atoms with Crippen LogP contribution in [0.2, 0.25) is 0 Å². The molecule has 1 heterocycles. The van der Waals surface area contributed by atoms with E-state index in [0.717, 1.165) is 4.90 Å². The lowest BCUT2D eigenvalue weighted by Crippen LogP contribution is -2.24. The number of amides is 2. The molecule has 0 bridgehead atoms. The average Bonchev–Trinajstić information content (AvgIpc) is 2.54. The summed E-state index contributed by atoms with van der Waals surface area (Å²) in [6.07, 6.45) is -0.0101. The number of benzene rings is 1. The fourth-order valence-corrected chi connectivity index (χ4v) is 1.79. The van der Waals surface area contributed by atoms with E-state index in [2.05, 4.69) is 5.32 Å². The lowest BCUT2D eigenvalue weighted by atomic mass is 10.1. The van der Waals surface area contributed by atoms with Gasteiger partial charge in [0.25, 0.3) is 11.8 Å². The summed E-state index contributed by atoms with van der Waals surface area (Å²) in [6.45, 7) is 0.270. The number of nitrogens with zero attached hydrogens (tertiary/aromatic N) is 1. The Morgan fingerprint density at radius 1 is 1.28 bits per heavy atom. The molecule has 0 aliphatic carbocycles. The third-order valence-electron chi connectivity index (χ3n) is 2.76. The summed E-state index contributed by atoms with van der Waals surface area (Å²) in [5.74, 6) is -1.54. The Morgan fingerprint density at radius 2 is 1.94 bits per heavy atom. The molecule has 0 saturated heterocycles. The molecule has 94 valence electrons. The summed E-state index contributed by atoms with van der Waals surface area (Å²) in [7, 11) is 1.43. The average molecular weight is 248 g/mol. The number of carbonyl (C=O) groups is 3. The second kappa shape index (κ2) is 4.48. The Balaban J connectivity index is 2.16. The molecule has 0 unspecified atom stereocenters. The van der Waals surface area contributed by atoms with Crippen molar-refractivity contribution in [2.45, 2.75) is 6.42 Å². The number of imide groups is 1. The zero-order valence-electron chi connectivity index (χ0n) is 9.77. The summed E-state index contributed by atoms with van der Waals surface area (Å²) >= 11 is 0. The van der Waals surface area contributed by atoms with E-state index in [1.54, 1.807) is 18.2 Å². The van der Waals surface area contributed by atoms with Crippen LogP contribution in [0.15, 0.2) is 18.2 Å². The maximum absolute atomic E-state index is 11.7. The van der Waals surface area contributed by atoms with E-state index in [1.165, 1.54) is 7.05 Å². The van der Waals surface area contributed by atoms with Crippen LogP contribution in [0.5, 0.6) is 0 Å². The van der Waals surface area contributed by atoms with Gasteiger partial charge < -0.3 is 10.4 Å². The van der Waals surface area contributed by atoms with Crippen molar-refractivity contribution in [2.24, 2.45) is 0 Å². The topological polar surface area (TPSA) is 86.7 Å². The summed E-state index contributed by atoms with van der Waals surface area (Å²) in [4.78, 5) is 34.8. The van der Waals surface area contributed by atoms with Gasteiger partial charge in [-0.3, -0.25) is 19.3 Å². The van der Waals surface area contributed by atoms with Crippen LogP contribution in [0, 0.1) is 0 Å². The lowest BCUT2D eigenvalue weighted by molar-refractivity contribution is -0.136. The Hall–Kier alpha value is -2.37. The van der Waals surface area contributed by atoms with Crippen LogP contribution in [-0.2, 0) is 4.79 Å². The van der Waals surface area contributed by atoms with E-state index in [1.807, 2.05) is 0 Å². The van der Waals surface area contributed by atoms with Gasteiger partial charge in [-0.2, -0.15) is 0 Å². The molecule has 18 heavy (non-hydrogen) atoms. The molecule has 0 atom stereocenters. The number of carboxylic acid groups (broad SMARTS) is 1. The van der Waals surface area contributed by atoms with Crippen molar-refractivity contribution in [3.63, 3.8) is 0 Å². The summed E-state index contributed by atoms with van der Waals surface area (Å²) in [6, 6.07) is 4.80. The number of hydrogen-bond donors (Lipinski definition) is 2. The van der Waals surface area contributed by atoms with Crippen molar-refractivity contribution < 1.29 is 19.5 Å². The van der Waals surface area contributed by atoms with Crippen LogP contribution < -0.4 is 5.32 Å². The van der Waals surface area contributed by atoms with Gasteiger partial charge in [-0.1, -0.05) is 0 Å². The highest BCUT2D eigenvalue weighted by atomic mass is 16.4. The predicted molar refractivity (Wildman–Crippen MR) is 63.6 cm³/mol. The van der Waals surface area contributed by atoms with Gasteiger partial charge in [0.15, 0.2) is 0 Å². The van der Waals surface area contributed by atoms with Gasteiger partial charge in [0, 0.05) is 19.3 Å². The first-order chi connectivity index (χ1) is 8.50.